The molecule has 0 bridgehead atoms. The second-order valence-electron chi connectivity index (χ2n) is 10.7. The van der Waals surface area contributed by atoms with Gasteiger partial charge in [0.05, 0.1) is 12.1 Å². The number of nitrogens with two attached hydrogens (primary N) is 1. The zero-order chi connectivity index (χ0) is 27.1. The first-order valence-corrected chi connectivity index (χ1v) is 13.8. The van der Waals surface area contributed by atoms with Gasteiger partial charge in [0.2, 0.25) is 0 Å². The normalized spacial score (nSPS) is 14.3. The molecule has 0 unspecified atom stereocenters. The largest absolute Gasteiger partial charge is 0.382 e. The number of aromatic nitrogens is 5. The molecule has 8 nitrogen and oxygen atoms in total. The van der Waals surface area contributed by atoms with E-state index in [-0.39, 0.29) is 5.56 Å². The molecule has 7 rings (SSSR count). The van der Waals surface area contributed by atoms with E-state index in [4.69, 9.17) is 5.73 Å². The number of nitrogen functional groups attached to an aromatic ring is 1. The number of nitrogens with zero attached hydrogens (tertiary/aromatic N) is 4. The molecule has 1 saturated heterocycles. The Hall–Kier alpha value is -4.69. The number of anilines is 1. The Labute approximate surface area is 231 Å². The molecule has 0 atom stereocenters. The first kappa shape index (κ1) is 24.4. The zero-order valence-corrected chi connectivity index (χ0v) is 22.2. The molecule has 4 N–H and O–H groups in total. The van der Waals surface area contributed by atoms with Crippen molar-refractivity contribution < 1.29 is 0 Å². The predicted octanol–water partition coefficient (Wildman–Crippen LogP) is 5.55. The molecule has 0 saturated carbocycles. The highest BCUT2D eigenvalue weighted by molar-refractivity contribution is 5.99. The standard InChI is InChI=1S/C32H31N7O/c33-31-27-16-21(8-9-28(27)36-37-31)25-10-12-34-32-26(25)18-29(35-32)22-11-15-39(30(40)17-22)20-24-7-3-2-6-23(24)19-38-13-4-1-5-14-38/h2-3,6-12,15-18H,1,4-5,13-14,19-20H2,(H,34,35)(H3,33,36,37). The van der Waals surface area contributed by atoms with Gasteiger partial charge in [0.1, 0.15) is 5.65 Å². The van der Waals surface area contributed by atoms with Crippen molar-refractivity contribution in [2.24, 2.45) is 0 Å². The molecule has 0 radical (unpaired) electrons. The Morgan fingerprint density at radius 3 is 2.50 bits per heavy atom. The lowest BCUT2D eigenvalue weighted by Crippen LogP contribution is -2.29. The lowest BCUT2D eigenvalue weighted by Gasteiger charge is -2.27. The summed E-state index contributed by atoms with van der Waals surface area (Å²) in [6, 6.07) is 22.3. The zero-order valence-electron chi connectivity index (χ0n) is 22.2. The van der Waals surface area contributed by atoms with Gasteiger partial charge >= 0.3 is 0 Å². The summed E-state index contributed by atoms with van der Waals surface area (Å²) in [4.78, 5) is 23.7. The van der Waals surface area contributed by atoms with Crippen LogP contribution in [0.4, 0.5) is 5.82 Å². The van der Waals surface area contributed by atoms with Crippen molar-refractivity contribution in [1.82, 2.24) is 29.6 Å². The molecule has 6 aromatic rings. The number of piperidine rings is 1. The van der Waals surface area contributed by atoms with E-state index >= 15 is 0 Å². The molecule has 0 aliphatic carbocycles. The fourth-order valence-corrected chi connectivity index (χ4v) is 5.85. The first-order valence-electron chi connectivity index (χ1n) is 13.8. The maximum absolute atomic E-state index is 13.3. The summed E-state index contributed by atoms with van der Waals surface area (Å²) in [7, 11) is 0. The summed E-state index contributed by atoms with van der Waals surface area (Å²) in [6.07, 6.45) is 7.54. The van der Waals surface area contributed by atoms with Crippen LogP contribution in [0.25, 0.3) is 44.3 Å². The Kier molecular flexibility index (Phi) is 6.17. The predicted molar refractivity (Wildman–Crippen MR) is 160 cm³/mol. The van der Waals surface area contributed by atoms with Crippen molar-refractivity contribution in [3.63, 3.8) is 0 Å². The Balaban J connectivity index is 1.18. The molecule has 5 heterocycles. The van der Waals surface area contributed by atoms with Crippen LogP contribution in [-0.4, -0.2) is 42.7 Å². The van der Waals surface area contributed by atoms with Crippen LogP contribution in [0.2, 0.25) is 0 Å². The summed E-state index contributed by atoms with van der Waals surface area (Å²) in [5.41, 5.74) is 13.9. The number of fused-ring (bicyclic) bond motifs is 2. The second-order valence-corrected chi connectivity index (χ2v) is 10.7. The lowest BCUT2D eigenvalue weighted by molar-refractivity contribution is 0.220. The molecule has 1 aliphatic rings. The third kappa shape index (κ3) is 4.56. The average Bonchev–Trinajstić information content (AvgIpc) is 3.59. The van der Waals surface area contributed by atoms with Gasteiger partial charge in [-0.2, -0.15) is 5.10 Å². The number of aromatic amines is 2. The van der Waals surface area contributed by atoms with E-state index in [2.05, 4.69) is 55.4 Å². The van der Waals surface area contributed by atoms with Crippen LogP contribution >= 0.6 is 0 Å². The van der Waals surface area contributed by atoms with Crippen LogP contribution in [0.5, 0.6) is 0 Å². The molecular weight excluding hydrogens is 498 g/mol. The van der Waals surface area contributed by atoms with Gasteiger partial charge < -0.3 is 15.3 Å². The summed E-state index contributed by atoms with van der Waals surface area (Å²) >= 11 is 0. The van der Waals surface area contributed by atoms with E-state index in [1.54, 1.807) is 16.8 Å². The highest BCUT2D eigenvalue weighted by atomic mass is 16.1. The fourth-order valence-electron chi connectivity index (χ4n) is 5.85. The average molecular weight is 530 g/mol. The SMILES string of the molecule is Nc1n[nH]c2ccc(-c3ccnc4[nH]c(-c5ccn(Cc6ccccc6CN6CCCCC6)c(=O)c5)cc34)cc12. The number of likely N-dealkylation sites (tertiary alicyclic amines) is 1. The van der Waals surface area contributed by atoms with Crippen LogP contribution in [0.1, 0.15) is 30.4 Å². The highest BCUT2D eigenvalue weighted by Gasteiger charge is 2.15. The molecule has 0 spiro atoms. The van der Waals surface area contributed by atoms with Gasteiger partial charge in [-0.1, -0.05) is 36.8 Å². The number of rotatable bonds is 6. The molecule has 1 aliphatic heterocycles. The number of nitrogens with one attached hydrogen (secondary N) is 2. The topological polar surface area (TPSA) is 109 Å². The molecular formula is C32H31N7O. The van der Waals surface area contributed by atoms with Crippen molar-refractivity contribution >= 4 is 27.8 Å². The van der Waals surface area contributed by atoms with E-state index in [0.717, 1.165) is 64.0 Å². The van der Waals surface area contributed by atoms with Crippen LogP contribution < -0.4 is 11.3 Å². The minimum atomic E-state index is -0.0296. The van der Waals surface area contributed by atoms with Crippen LogP contribution in [0.15, 0.2) is 83.9 Å². The fraction of sp³-hybridized carbons (Fsp3) is 0.219. The highest BCUT2D eigenvalue weighted by Crippen LogP contribution is 2.33. The minimum Gasteiger partial charge on any atom is -0.382 e. The summed E-state index contributed by atoms with van der Waals surface area (Å²) in [5, 5.41) is 8.93. The summed E-state index contributed by atoms with van der Waals surface area (Å²) in [5.74, 6) is 0.478. The summed E-state index contributed by atoms with van der Waals surface area (Å²) < 4.78 is 1.79. The smallest absolute Gasteiger partial charge is 0.251 e. The van der Waals surface area contributed by atoms with Crippen molar-refractivity contribution in [3.05, 3.63) is 101 Å². The number of hydrogen-bond acceptors (Lipinski definition) is 5. The monoisotopic (exact) mass is 529 g/mol. The summed E-state index contributed by atoms with van der Waals surface area (Å²) in [6.45, 7) is 3.79. The molecule has 2 aromatic carbocycles. The Bertz CT molecular complexity index is 1890. The van der Waals surface area contributed by atoms with Gasteiger partial charge in [-0.15, -0.1) is 0 Å². The first-order chi connectivity index (χ1) is 19.6. The third-order valence-electron chi connectivity index (χ3n) is 8.04. The molecule has 40 heavy (non-hydrogen) atoms. The van der Waals surface area contributed by atoms with E-state index in [9.17, 15) is 4.79 Å². The lowest BCUT2D eigenvalue weighted by atomic mass is 10.0. The van der Waals surface area contributed by atoms with Gasteiger partial charge in [-0.05, 0) is 78.5 Å². The molecule has 0 amide bonds. The maximum atomic E-state index is 13.3. The van der Waals surface area contributed by atoms with Gasteiger partial charge in [-0.25, -0.2) is 4.98 Å². The van der Waals surface area contributed by atoms with E-state index < -0.39 is 0 Å². The van der Waals surface area contributed by atoms with Crippen LogP contribution in [0.3, 0.4) is 0 Å². The van der Waals surface area contributed by atoms with Crippen molar-refractivity contribution in [2.45, 2.75) is 32.4 Å². The van der Waals surface area contributed by atoms with Gasteiger partial charge in [0.15, 0.2) is 5.82 Å². The van der Waals surface area contributed by atoms with Gasteiger partial charge in [0.25, 0.3) is 5.56 Å². The molecule has 4 aromatic heterocycles. The van der Waals surface area contributed by atoms with E-state index in [0.29, 0.717) is 12.4 Å². The minimum absolute atomic E-state index is 0.0296. The van der Waals surface area contributed by atoms with Crippen LogP contribution in [0, 0.1) is 0 Å². The van der Waals surface area contributed by atoms with E-state index in [1.165, 1.54) is 30.4 Å². The Morgan fingerprint density at radius 1 is 0.850 bits per heavy atom. The van der Waals surface area contributed by atoms with Crippen LogP contribution in [-0.2, 0) is 13.1 Å². The maximum Gasteiger partial charge on any atom is 0.251 e. The van der Waals surface area contributed by atoms with Crippen molar-refractivity contribution in [3.8, 4) is 22.4 Å². The quantitative estimate of drug-likeness (QED) is 0.262. The molecule has 8 heteroatoms. The number of hydrogen-bond donors (Lipinski definition) is 3. The number of pyridine rings is 2. The van der Waals surface area contributed by atoms with Gasteiger partial charge in [0, 0.05) is 47.0 Å². The van der Waals surface area contributed by atoms with Crippen molar-refractivity contribution in [1.29, 1.82) is 0 Å². The molecule has 200 valence electrons. The van der Waals surface area contributed by atoms with E-state index in [1.807, 2.05) is 36.5 Å². The second kappa shape index (κ2) is 10.1. The third-order valence-corrected chi connectivity index (χ3v) is 8.04. The Morgan fingerprint density at radius 2 is 1.68 bits per heavy atom. The van der Waals surface area contributed by atoms with Crippen molar-refractivity contribution in [2.75, 3.05) is 18.8 Å². The number of H-pyrrole nitrogens is 2. The molecule has 1 fully saturated rings. The van der Waals surface area contributed by atoms with Gasteiger partial charge in [-0.3, -0.25) is 14.8 Å². The number of benzene rings is 2.